The minimum atomic E-state index is -0.511. The standard InChI is InChI=1S/C14H21N3O2/c15-13-6-5-10(9-12(13)14(16)18)17-7-8-19-11-3-1-2-4-11/h5-6,9,11,17H,1-4,7-8,15H2,(H2,16,18). The molecule has 1 saturated carbocycles. The summed E-state index contributed by atoms with van der Waals surface area (Å²) in [6.07, 6.45) is 5.33. The molecule has 1 aromatic rings. The molecule has 0 bridgehead atoms. The maximum Gasteiger partial charge on any atom is 0.250 e. The number of primary amides is 1. The van der Waals surface area contributed by atoms with Crippen molar-refractivity contribution in [3.8, 4) is 0 Å². The number of nitrogens with two attached hydrogens (primary N) is 2. The van der Waals surface area contributed by atoms with Gasteiger partial charge in [-0.3, -0.25) is 4.79 Å². The van der Waals surface area contributed by atoms with E-state index in [9.17, 15) is 4.79 Å². The van der Waals surface area contributed by atoms with E-state index in [-0.39, 0.29) is 0 Å². The second-order valence-corrected chi connectivity index (χ2v) is 4.87. The van der Waals surface area contributed by atoms with Crippen molar-refractivity contribution < 1.29 is 9.53 Å². The average Bonchev–Trinajstić information content (AvgIpc) is 2.89. The van der Waals surface area contributed by atoms with Crippen LogP contribution in [0.4, 0.5) is 11.4 Å². The summed E-state index contributed by atoms with van der Waals surface area (Å²) < 4.78 is 5.75. The molecule has 1 aliphatic rings. The maximum atomic E-state index is 11.2. The van der Waals surface area contributed by atoms with E-state index in [1.807, 2.05) is 6.07 Å². The zero-order valence-corrected chi connectivity index (χ0v) is 11.0. The molecule has 0 spiro atoms. The quantitative estimate of drug-likeness (QED) is 0.538. The predicted octanol–water partition coefficient (Wildman–Crippen LogP) is 1.74. The Morgan fingerprint density at radius 2 is 2.11 bits per heavy atom. The lowest BCUT2D eigenvalue weighted by Gasteiger charge is -2.12. The smallest absolute Gasteiger partial charge is 0.250 e. The van der Waals surface area contributed by atoms with E-state index in [0.717, 1.165) is 5.69 Å². The van der Waals surface area contributed by atoms with Crippen LogP contribution in [0.15, 0.2) is 18.2 Å². The van der Waals surface area contributed by atoms with Gasteiger partial charge in [0, 0.05) is 17.9 Å². The molecule has 5 N–H and O–H groups in total. The van der Waals surface area contributed by atoms with Gasteiger partial charge in [-0.1, -0.05) is 12.8 Å². The van der Waals surface area contributed by atoms with Gasteiger partial charge in [0.2, 0.25) is 0 Å². The van der Waals surface area contributed by atoms with Crippen LogP contribution in [0.3, 0.4) is 0 Å². The summed E-state index contributed by atoms with van der Waals surface area (Å²) in [5, 5.41) is 3.20. The van der Waals surface area contributed by atoms with Crippen LogP contribution in [0.5, 0.6) is 0 Å². The van der Waals surface area contributed by atoms with Crippen molar-refractivity contribution in [2.24, 2.45) is 5.73 Å². The first-order valence-electron chi connectivity index (χ1n) is 6.71. The highest BCUT2D eigenvalue weighted by molar-refractivity contribution is 5.98. The molecule has 5 nitrogen and oxygen atoms in total. The van der Waals surface area contributed by atoms with Gasteiger partial charge in [-0.25, -0.2) is 0 Å². The average molecular weight is 263 g/mol. The Bertz CT molecular complexity index is 442. The number of benzene rings is 1. The van der Waals surface area contributed by atoms with Crippen LogP contribution in [-0.2, 0) is 4.74 Å². The van der Waals surface area contributed by atoms with Gasteiger partial charge in [-0.05, 0) is 31.0 Å². The topological polar surface area (TPSA) is 90.4 Å². The monoisotopic (exact) mass is 263 g/mol. The molecule has 0 unspecified atom stereocenters. The molecule has 1 amide bonds. The van der Waals surface area contributed by atoms with Crippen LogP contribution in [0.2, 0.25) is 0 Å². The first kappa shape index (κ1) is 13.7. The second kappa shape index (κ2) is 6.43. The highest BCUT2D eigenvalue weighted by atomic mass is 16.5. The van der Waals surface area contributed by atoms with E-state index in [4.69, 9.17) is 16.2 Å². The molecule has 5 heteroatoms. The number of anilines is 2. The van der Waals surface area contributed by atoms with Crippen LogP contribution in [-0.4, -0.2) is 25.2 Å². The molecule has 1 aliphatic carbocycles. The number of carbonyl (C=O) groups excluding carboxylic acids is 1. The number of hydrogen-bond donors (Lipinski definition) is 3. The molecule has 0 atom stereocenters. The van der Waals surface area contributed by atoms with Gasteiger partial charge >= 0.3 is 0 Å². The van der Waals surface area contributed by atoms with Crippen molar-refractivity contribution >= 4 is 17.3 Å². The summed E-state index contributed by atoms with van der Waals surface area (Å²) in [4.78, 5) is 11.2. The molecule has 0 radical (unpaired) electrons. The molecular formula is C14H21N3O2. The molecular weight excluding hydrogens is 242 g/mol. The normalized spacial score (nSPS) is 15.6. The van der Waals surface area contributed by atoms with E-state index in [1.165, 1.54) is 25.7 Å². The summed E-state index contributed by atoms with van der Waals surface area (Å²) in [7, 11) is 0. The van der Waals surface area contributed by atoms with E-state index in [2.05, 4.69) is 5.32 Å². The second-order valence-electron chi connectivity index (χ2n) is 4.87. The number of nitrogen functional groups attached to an aromatic ring is 1. The number of rotatable bonds is 6. The summed E-state index contributed by atoms with van der Waals surface area (Å²) in [6.45, 7) is 1.37. The van der Waals surface area contributed by atoms with Gasteiger partial charge in [0.15, 0.2) is 0 Å². The molecule has 0 aliphatic heterocycles. The Labute approximate surface area is 113 Å². The Morgan fingerprint density at radius 1 is 1.37 bits per heavy atom. The number of hydrogen-bond acceptors (Lipinski definition) is 4. The van der Waals surface area contributed by atoms with Crippen molar-refractivity contribution in [2.75, 3.05) is 24.2 Å². The molecule has 0 saturated heterocycles. The fraction of sp³-hybridized carbons (Fsp3) is 0.500. The van der Waals surface area contributed by atoms with Crippen LogP contribution in [0, 0.1) is 0 Å². The third kappa shape index (κ3) is 3.86. The Hall–Kier alpha value is -1.75. The van der Waals surface area contributed by atoms with Gasteiger partial charge in [-0.2, -0.15) is 0 Å². The van der Waals surface area contributed by atoms with E-state index >= 15 is 0 Å². The lowest BCUT2D eigenvalue weighted by Crippen LogP contribution is -2.17. The first-order valence-corrected chi connectivity index (χ1v) is 6.71. The first-order chi connectivity index (χ1) is 9.16. The largest absolute Gasteiger partial charge is 0.398 e. The Kier molecular flexibility index (Phi) is 4.63. The van der Waals surface area contributed by atoms with Gasteiger partial charge in [-0.15, -0.1) is 0 Å². The number of amides is 1. The highest BCUT2D eigenvalue weighted by Crippen LogP contribution is 2.21. The van der Waals surface area contributed by atoms with Crippen LogP contribution in [0.1, 0.15) is 36.0 Å². The zero-order chi connectivity index (χ0) is 13.7. The van der Waals surface area contributed by atoms with Crippen LogP contribution < -0.4 is 16.8 Å². The highest BCUT2D eigenvalue weighted by Gasteiger charge is 2.14. The number of ether oxygens (including phenoxy) is 1. The molecule has 2 rings (SSSR count). The van der Waals surface area contributed by atoms with Crippen molar-refractivity contribution in [3.05, 3.63) is 23.8 Å². The molecule has 1 aromatic carbocycles. The Morgan fingerprint density at radius 3 is 2.79 bits per heavy atom. The summed E-state index contributed by atoms with van der Waals surface area (Å²) in [6, 6.07) is 5.19. The van der Waals surface area contributed by atoms with E-state index in [0.29, 0.717) is 30.5 Å². The van der Waals surface area contributed by atoms with E-state index in [1.54, 1.807) is 12.1 Å². The lowest BCUT2D eigenvalue weighted by atomic mass is 10.1. The predicted molar refractivity (Wildman–Crippen MR) is 76.1 cm³/mol. The molecule has 0 aromatic heterocycles. The van der Waals surface area contributed by atoms with Crippen molar-refractivity contribution in [1.29, 1.82) is 0 Å². The van der Waals surface area contributed by atoms with Gasteiger partial charge in [0.25, 0.3) is 5.91 Å². The van der Waals surface area contributed by atoms with Crippen molar-refractivity contribution in [1.82, 2.24) is 0 Å². The lowest BCUT2D eigenvalue weighted by molar-refractivity contribution is 0.0659. The van der Waals surface area contributed by atoms with Crippen molar-refractivity contribution in [2.45, 2.75) is 31.8 Å². The maximum absolute atomic E-state index is 11.2. The fourth-order valence-corrected chi connectivity index (χ4v) is 2.36. The van der Waals surface area contributed by atoms with Crippen LogP contribution >= 0.6 is 0 Å². The summed E-state index contributed by atoms with van der Waals surface area (Å²) in [5.74, 6) is -0.511. The molecule has 19 heavy (non-hydrogen) atoms. The Balaban J connectivity index is 1.79. The molecule has 104 valence electrons. The summed E-state index contributed by atoms with van der Waals surface area (Å²) in [5.41, 5.74) is 12.5. The minimum absolute atomic E-state index is 0.349. The number of carbonyl (C=O) groups is 1. The van der Waals surface area contributed by atoms with Gasteiger partial charge in [0.1, 0.15) is 0 Å². The SMILES string of the molecule is NC(=O)c1cc(NCCOC2CCCC2)ccc1N. The third-order valence-electron chi connectivity index (χ3n) is 3.41. The van der Waals surface area contributed by atoms with Gasteiger partial charge in [0.05, 0.1) is 18.3 Å². The van der Waals surface area contributed by atoms with Crippen LogP contribution in [0.25, 0.3) is 0 Å². The van der Waals surface area contributed by atoms with Crippen molar-refractivity contribution in [3.63, 3.8) is 0 Å². The zero-order valence-electron chi connectivity index (χ0n) is 11.0. The third-order valence-corrected chi connectivity index (χ3v) is 3.41. The molecule has 0 heterocycles. The van der Waals surface area contributed by atoms with E-state index < -0.39 is 5.91 Å². The molecule has 1 fully saturated rings. The van der Waals surface area contributed by atoms with Gasteiger partial charge < -0.3 is 21.5 Å². The minimum Gasteiger partial charge on any atom is -0.398 e. The fourth-order valence-electron chi connectivity index (χ4n) is 2.36. The number of nitrogens with one attached hydrogen (secondary N) is 1. The summed E-state index contributed by atoms with van der Waals surface area (Å²) >= 11 is 0.